The number of benzene rings is 1. The Bertz CT molecular complexity index is 480. The molecule has 0 unspecified atom stereocenters. The predicted molar refractivity (Wildman–Crippen MR) is 64.0 cm³/mol. The molecule has 17 heavy (non-hydrogen) atoms. The third-order valence-corrected chi connectivity index (χ3v) is 2.56. The summed E-state index contributed by atoms with van der Waals surface area (Å²) in [4.78, 5) is 11.7. The van der Waals surface area contributed by atoms with E-state index >= 15 is 0 Å². The molecule has 0 atom stereocenters. The lowest BCUT2D eigenvalue weighted by Crippen LogP contribution is -2.06. The molecular formula is C14H14O3. The van der Waals surface area contributed by atoms with Gasteiger partial charge in [-0.3, -0.25) is 0 Å². The van der Waals surface area contributed by atoms with E-state index in [1.54, 1.807) is 13.0 Å². The van der Waals surface area contributed by atoms with Gasteiger partial charge in [0.15, 0.2) is 0 Å². The first-order chi connectivity index (χ1) is 8.31. The van der Waals surface area contributed by atoms with E-state index in [1.165, 1.54) is 0 Å². The molecule has 0 aromatic heterocycles. The van der Waals surface area contributed by atoms with Crippen molar-refractivity contribution in [3.05, 3.63) is 29.3 Å². The number of carbonyl (C=O) groups excluding carboxylic acids is 1. The van der Waals surface area contributed by atoms with Crippen molar-refractivity contribution in [3.63, 3.8) is 0 Å². The molecule has 1 aromatic carbocycles. The van der Waals surface area contributed by atoms with Crippen molar-refractivity contribution in [2.75, 3.05) is 13.2 Å². The summed E-state index contributed by atoms with van der Waals surface area (Å²) in [6.45, 7) is 2.80. The monoisotopic (exact) mass is 230 g/mol. The van der Waals surface area contributed by atoms with Crippen LogP contribution in [0.25, 0.3) is 0 Å². The molecule has 0 saturated carbocycles. The van der Waals surface area contributed by atoms with E-state index in [4.69, 9.17) is 9.47 Å². The summed E-state index contributed by atoms with van der Waals surface area (Å²) in [5, 5.41) is 0. The summed E-state index contributed by atoms with van der Waals surface area (Å²) in [5.41, 5.74) is 1.66. The van der Waals surface area contributed by atoms with Crippen molar-refractivity contribution in [1.29, 1.82) is 0 Å². The zero-order valence-corrected chi connectivity index (χ0v) is 9.79. The van der Waals surface area contributed by atoms with Gasteiger partial charge >= 0.3 is 5.97 Å². The van der Waals surface area contributed by atoms with Crippen LogP contribution in [0.5, 0.6) is 5.75 Å². The Morgan fingerprint density at radius 1 is 1.53 bits per heavy atom. The first-order valence-corrected chi connectivity index (χ1v) is 5.63. The highest BCUT2D eigenvalue weighted by Crippen LogP contribution is 2.26. The Hall–Kier alpha value is -1.95. The average molecular weight is 230 g/mol. The lowest BCUT2D eigenvalue weighted by Gasteiger charge is -2.04. The van der Waals surface area contributed by atoms with Crippen LogP contribution >= 0.6 is 0 Å². The third-order valence-electron chi connectivity index (χ3n) is 2.56. The van der Waals surface area contributed by atoms with Crippen LogP contribution in [0.1, 0.15) is 29.3 Å². The molecule has 1 aliphatic heterocycles. The normalized spacial score (nSPS) is 12.1. The standard InChI is InChI=1S/C14H14O3/c1-2-3-4-8-17-14(15)12-5-6-13-11(10-12)7-9-16-13/h5-6,10H,4,7-9H2,1H3. The van der Waals surface area contributed by atoms with E-state index in [9.17, 15) is 4.79 Å². The van der Waals surface area contributed by atoms with Gasteiger partial charge in [-0.15, -0.1) is 11.8 Å². The minimum absolute atomic E-state index is 0.294. The number of rotatable bonds is 3. The lowest BCUT2D eigenvalue weighted by atomic mass is 10.1. The number of hydrogen-bond donors (Lipinski definition) is 0. The van der Waals surface area contributed by atoms with Gasteiger partial charge in [0, 0.05) is 12.8 Å². The smallest absolute Gasteiger partial charge is 0.338 e. The number of ether oxygens (including phenoxy) is 2. The van der Waals surface area contributed by atoms with Crippen molar-refractivity contribution >= 4 is 5.97 Å². The Kier molecular flexibility index (Phi) is 3.66. The van der Waals surface area contributed by atoms with Crippen molar-refractivity contribution in [1.82, 2.24) is 0 Å². The van der Waals surface area contributed by atoms with Crippen LogP contribution in [0.4, 0.5) is 0 Å². The lowest BCUT2D eigenvalue weighted by molar-refractivity contribution is 0.0513. The largest absolute Gasteiger partial charge is 0.493 e. The molecule has 2 rings (SSSR count). The maximum atomic E-state index is 11.7. The second kappa shape index (κ2) is 5.40. The Labute approximate surface area is 101 Å². The minimum Gasteiger partial charge on any atom is -0.493 e. The van der Waals surface area contributed by atoms with Gasteiger partial charge in [-0.1, -0.05) is 0 Å². The van der Waals surface area contributed by atoms with Crippen molar-refractivity contribution in [2.24, 2.45) is 0 Å². The molecule has 1 aliphatic rings. The minimum atomic E-state index is -0.294. The molecule has 3 nitrogen and oxygen atoms in total. The maximum Gasteiger partial charge on any atom is 0.338 e. The van der Waals surface area contributed by atoms with Gasteiger partial charge in [-0.2, -0.15) is 0 Å². The fourth-order valence-electron chi connectivity index (χ4n) is 1.72. The van der Waals surface area contributed by atoms with Crippen molar-refractivity contribution in [2.45, 2.75) is 19.8 Å². The highest BCUT2D eigenvalue weighted by molar-refractivity contribution is 5.90. The zero-order chi connectivity index (χ0) is 12.1. The van der Waals surface area contributed by atoms with Crippen molar-refractivity contribution in [3.8, 4) is 17.6 Å². The Balaban J connectivity index is 1.96. The zero-order valence-electron chi connectivity index (χ0n) is 9.79. The maximum absolute atomic E-state index is 11.7. The molecule has 0 fully saturated rings. The van der Waals surface area contributed by atoms with E-state index in [0.29, 0.717) is 25.2 Å². The second-order valence-electron chi connectivity index (χ2n) is 3.73. The number of fused-ring (bicyclic) bond motifs is 1. The summed E-state index contributed by atoms with van der Waals surface area (Å²) in [7, 11) is 0. The van der Waals surface area contributed by atoms with E-state index in [1.807, 2.05) is 12.1 Å². The highest BCUT2D eigenvalue weighted by atomic mass is 16.5. The molecule has 0 radical (unpaired) electrons. The quantitative estimate of drug-likeness (QED) is 0.453. The molecule has 0 spiro atoms. The number of carbonyl (C=O) groups is 1. The van der Waals surface area contributed by atoms with Gasteiger partial charge in [0.2, 0.25) is 0 Å². The van der Waals surface area contributed by atoms with Gasteiger partial charge in [0.1, 0.15) is 12.4 Å². The summed E-state index contributed by atoms with van der Waals surface area (Å²) >= 11 is 0. The molecule has 1 aromatic rings. The first-order valence-electron chi connectivity index (χ1n) is 5.63. The van der Waals surface area contributed by atoms with Crippen LogP contribution < -0.4 is 4.74 Å². The average Bonchev–Trinajstić information content (AvgIpc) is 2.81. The van der Waals surface area contributed by atoms with E-state index in [0.717, 1.165) is 17.7 Å². The van der Waals surface area contributed by atoms with Crippen LogP contribution in [0.3, 0.4) is 0 Å². The van der Waals surface area contributed by atoms with E-state index in [2.05, 4.69) is 11.8 Å². The second-order valence-corrected chi connectivity index (χ2v) is 3.73. The predicted octanol–water partition coefficient (Wildman–Crippen LogP) is 2.19. The van der Waals surface area contributed by atoms with Crippen LogP contribution in [-0.4, -0.2) is 19.2 Å². The first kappa shape index (κ1) is 11.5. The van der Waals surface area contributed by atoms with Gasteiger partial charge in [-0.25, -0.2) is 4.79 Å². The summed E-state index contributed by atoms with van der Waals surface area (Å²) in [5.74, 6) is 6.19. The summed E-state index contributed by atoms with van der Waals surface area (Å²) < 4.78 is 10.5. The molecular weight excluding hydrogens is 216 g/mol. The Morgan fingerprint density at radius 3 is 3.24 bits per heavy atom. The number of esters is 1. The molecule has 1 heterocycles. The fraction of sp³-hybridized carbons (Fsp3) is 0.357. The van der Waals surface area contributed by atoms with Gasteiger partial charge in [0.05, 0.1) is 12.2 Å². The molecule has 0 amide bonds. The topological polar surface area (TPSA) is 35.5 Å². The van der Waals surface area contributed by atoms with Gasteiger partial charge < -0.3 is 9.47 Å². The van der Waals surface area contributed by atoms with Crippen LogP contribution in [0.15, 0.2) is 18.2 Å². The van der Waals surface area contributed by atoms with E-state index in [-0.39, 0.29) is 5.97 Å². The highest BCUT2D eigenvalue weighted by Gasteiger charge is 2.15. The SMILES string of the molecule is CC#CCCOC(=O)c1ccc2c(c1)CCO2. The van der Waals surface area contributed by atoms with Crippen LogP contribution in [0, 0.1) is 11.8 Å². The molecule has 88 valence electrons. The summed E-state index contributed by atoms with van der Waals surface area (Å²) in [6, 6.07) is 5.40. The van der Waals surface area contributed by atoms with Gasteiger partial charge in [-0.05, 0) is 30.7 Å². The molecule has 0 saturated heterocycles. The Morgan fingerprint density at radius 2 is 2.41 bits per heavy atom. The van der Waals surface area contributed by atoms with Gasteiger partial charge in [0.25, 0.3) is 0 Å². The fourth-order valence-corrected chi connectivity index (χ4v) is 1.72. The third kappa shape index (κ3) is 2.79. The van der Waals surface area contributed by atoms with Crippen LogP contribution in [0.2, 0.25) is 0 Å². The molecule has 0 N–H and O–H groups in total. The van der Waals surface area contributed by atoms with Crippen LogP contribution in [-0.2, 0) is 11.2 Å². The van der Waals surface area contributed by atoms with E-state index < -0.39 is 0 Å². The van der Waals surface area contributed by atoms with Crippen molar-refractivity contribution < 1.29 is 14.3 Å². The summed E-state index contributed by atoms with van der Waals surface area (Å²) in [6.07, 6.45) is 1.44. The molecule has 0 bridgehead atoms. The molecule has 3 heteroatoms. The molecule has 0 aliphatic carbocycles. The number of hydrogen-bond acceptors (Lipinski definition) is 3.